The molecule has 0 fully saturated rings. The number of methoxy groups -OCH3 is 1. The first-order valence-corrected chi connectivity index (χ1v) is 5.38. The number of nitriles is 1. The minimum Gasteiger partial charge on any atom is -0.495 e. The summed E-state index contributed by atoms with van der Waals surface area (Å²) in [5.41, 5.74) is 1.44. The van der Waals surface area contributed by atoms with Crippen molar-refractivity contribution in [1.82, 2.24) is 0 Å². The van der Waals surface area contributed by atoms with Gasteiger partial charge in [0.1, 0.15) is 5.75 Å². The molecular weight excluding hydrogens is 224 g/mol. The maximum Gasteiger partial charge on any atom is 0.143 e. The van der Waals surface area contributed by atoms with Gasteiger partial charge in [-0.25, -0.2) is 0 Å². The summed E-state index contributed by atoms with van der Waals surface area (Å²) < 4.78 is 5.18. The van der Waals surface area contributed by atoms with Crippen molar-refractivity contribution in [3.8, 4) is 11.8 Å². The Morgan fingerprint density at radius 1 is 1.50 bits per heavy atom. The SMILES string of the molecule is COc1cc(C#N)ccc1NC/C=C/CCl. The number of benzene rings is 1. The van der Waals surface area contributed by atoms with Crippen LogP contribution < -0.4 is 10.1 Å². The molecule has 4 heteroatoms. The molecule has 0 bridgehead atoms. The summed E-state index contributed by atoms with van der Waals surface area (Å²) in [5, 5.41) is 11.9. The smallest absolute Gasteiger partial charge is 0.143 e. The molecule has 0 radical (unpaired) electrons. The maximum absolute atomic E-state index is 8.74. The Balaban J connectivity index is 2.72. The van der Waals surface area contributed by atoms with Crippen LogP contribution in [0.1, 0.15) is 5.56 Å². The van der Waals surface area contributed by atoms with E-state index in [1.54, 1.807) is 19.2 Å². The second-order valence-electron chi connectivity index (χ2n) is 3.03. The second kappa shape index (κ2) is 6.76. The number of ether oxygens (including phenoxy) is 1. The third-order valence-electron chi connectivity index (χ3n) is 2.00. The van der Waals surface area contributed by atoms with Gasteiger partial charge in [0.2, 0.25) is 0 Å². The van der Waals surface area contributed by atoms with Crippen LogP contribution in [0.25, 0.3) is 0 Å². The molecule has 0 amide bonds. The molecule has 1 aromatic rings. The molecule has 1 aromatic carbocycles. The van der Waals surface area contributed by atoms with Gasteiger partial charge in [0.15, 0.2) is 0 Å². The Hall–Kier alpha value is -1.66. The number of anilines is 1. The Bertz CT molecular complexity index is 410. The van der Waals surface area contributed by atoms with E-state index in [4.69, 9.17) is 21.6 Å². The van der Waals surface area contributed by atoms with Crippen LogP contribution in [0.5, 0.6) is 5.75 Å². The van der Waals surface area contributed by atoms with Crippen molar-refractivity contribution < 1.29 is 4.74 Å². The van der Waals surface area contributed by atoms with Crippen molar-refractivity contribution >= 4 is 17.3 Å². The summed E-state index contributed by atoms with van der Waals surface area (Å²) in [4.78, 5) is 0. The molecule has 0 aromatic heterocycles. The fourth-order valence-electron chi connectivity index (χ4n) is 1.22. The van der Waals surface area contributed by atoms with Crippen molar-refractivity contribution in [3.05, 3.63) is 35.9 Å². The molecule has 16 heavy (non-hydrogen) atoms. The van der Waals surface area contributed by atoms with Gasteiger partial charge in [-0.1, -0.05) is 12.2 Å². The highest BCUT2D eigenvalue weighted by atomic mass is 35.5. The molecule has 0 aliphatic heterocycles. The molecule has 3 nitrogen and oxygen atoms in total. The summed E-state index contributed by atoms with van der Waals surface area (Å²) in [6.07, 6.45) is 3.80. The molecule has 0 saturated heterocycles. The average molecular weight is 237 g/mol. The summed E-state index contributed by atoms with van der Waals surface area (Å²) in [6, 6.07) is 7.34. The molecule has 1 rings (SSSR count). The molecule has 0 atom stereocenters. The van der Waals surface area contributed by atoms with Gasteiger partial charge >= 0.3 is 0 Å². The van der Waals surface area contributed by atoms with Crippen molar-refractivity contribution in [2.45, 2.75) is 0 Å². The van der Waals surface area contributed by atoms with E-state index < -0.39 is 0 Å². The van der Waals surface area contributed by atoms with Gasteiger partial charge in [-0.05, 0) is 12.1 Å². The number of nitrogens with zero attached hydrogens (tertiary/aromatic N) is 1. The van der Waals surface area contributed by atoms with Gasteiger partial charge in [0.25, 0.3) is 0 Å². The van der Waals surface area contributed by atoms with Crippen LogP contribution in [-0.4, -0.2) is 19.5 Å². The van der Waals surface area contributed by atoms with Gasteiger partial charge in [0.05, 0.1) is 24.4 Å². The first-order valence-electron chi connectivity index (χ1n) is 4.84. The van der Waals surface area contributed by atoms with E-state index in [1.165, 1.54) is 0 Å². The van der Waals surface area contributed by atoms with Crippen molar-refractivity contribution in [2.24, 2.45) is 0 Å². The van der Waals surface area contributed by atoms with Gasteiger partial charge in [-0.3, -0.25) is 0 Å². The number of rotatable bonds is 5. The summed E-state index contributed by atoms with van der Waals surface area (Å²) in [7, 11) is 1.58. The molecule has 0 spiro atoms. The van der Waals surface area contributed by atoms with E-state index in [2.05, 4.69) is 11.4 Å². The zero-order valence-electron chi connectivity index (χ0n) is 9.03. The lowest BCUT2D eigenvalue weighted by Crippen LogP contribution is -2.00. The predicted octanol–water partition coefficient (Wildman–Crippen LogP) is 2.77. The number of alkyl halides is 1. The number of halogens is 1. The highest BCUT2D eigenvalue weighted by Gasteiger charge is 2.02. The van der Waals surface area contributed by atoms with E-state index in [9.17, 15) is 0 Å². The first-order chi connectivity index (χ1) is 7.81. The third kappa shape index (κ3) is 3.48. The summed E-state index contributed by atoms with van der Waals surface area (Å²) >= 11 is 5.51. The fraction of sp³-hybridized carbons (Fsp3) is 0.250. The van der Waals surface area contributed by atoms with Gasteiger partial charge in [-0.2, -0.15) is 5.26 Å². The van der Waals surface area contributed by atoms with E-state index >= 15 is 0 Å². The Labute approximate surface area is 100 Å². The summed E-state index contributed by atoms with van der Waals surface area (Å²) in [5.74, 6) is 1.17. The minimum absolute atomic E-state index is 0.506. The van der Waals surface area contributed by atoms with Crippen molar-refractivity contribution in [2.75, 3.05) is 24.9 Å². The van der Waals surface area contributed by atoms with Crippen LogP contribution >= 0.6 is 11.6 Å². The van der Waals surface area contributed by atoms with Gasteiger partial charge in [0, 0.05) is 18.5 Å². The highest BCUT2D eigenvalue weighted by Crippen LogP contribution is 2.24. The lowest BCUT2D eigenvalue weighted by Gasteiger charge is -2.09. The Kier molecular flexibility index (Phi) is 5.24. The van der Waals surface area contributed by atoms with Crippen LogP contribution in [0, 0.1) is 11.3 Å². The van der Waals surface area contributed by atoms with E-state index in [0.717, 1.165) is 5.69 Å². The first kappa shape index (κ1) is 12.4. The lowest BCUT2D eigenvalue weighted by atomic mass is 10.2. The van der Waals surface area contributed by atoms with Gasteiger partial charge < -0.3 is 10.1 Å². The third-order valence-corrected chi connectivity index (χ3v) is 2.17. The van der Waals surface area contributed by atoms with Crippen LogP contribution in [-0.2, 0) is 0 Å². The van der Waals surface area contributed by atoms with Crippen LogP contribution in [0.15, 0.2) is 30.4 Å². The minimum atomic E-state index is 0.506. The second-order valence-corrected chi connectivity index (χ2v) is 3.34. The van der Waals surface area contributed by atoms with Crippen molar-refractivity contribution in [3.63, 3.8) is 0 Å². The average Bonchev–Trinajstić information content (AvgIpc) is 2.34. The maximum atomic E-state index is 8.74. The molecule has 0 unspecified atom stereocenters. The Morgan fingerprint density at radius 3 is 2.94 bits per heavy atom. The van der Waals surface area contributed by atoms with Crippen molar-refractivity contribution in [1.29, 1.82) is 5.26 Å². The summed E-state index contributed by atoms with van der Waals surface area (Å²) in [6.45, 7) is 0.676. The lowest BCUT2D eigenvalue weighted by molar-refractivity contribution is 0.416. The van der Waals surface area contributed by atoms with Crippen LogP contribution in [0.3, 0.4) is 0 Å². The molecule has 0 aliphatic rings. The van der Waals surface area contributed by atoms with E-state index in [1.807, 2.05) is 18.2 Å². The normalized spacial score (nSPS) is 10.1. The number of hydrogen-bond donors (Lipinski definition) is 1. The predicted molar refractivity (Wildman–Crippen MR) is 66.1 cm³/mol. The van der Waals surface area contributed by atoms with Gasteiger partial charge in [-0.15, -0.1) is 11.6 Å². The molecule has 0 heterocycles. The molecule has 0 saturated carbocycles. The largest absolute Gasteiger partial charge is 0.495 e. The molecule has 0 aliphatic carbocycles. The van der Waals surface area contributed by atoms with Crippen LogP contribution in [0.4, 0.5) is 5.69 Å². The Morgan fingerprint density at radius 2 is 2.31 bits per heavy atom. The molecular formula is C12H13ClN2O. The number of allylic oxidation sites excluding steroid dienone is 1. The number of hydrogen-bond acceptors (Lipinski definition) is 3. The zero-order valence-corrected chi connectivity index (χ0v) is 9.79. The van der Waals surface area contributed by atoms with Crippen LogP contribution in [0.2, 0.25) is 0 Å². The quantitative estimate of drug-likeness (QED) is 0.632. The fourth-order valence-corrected chi connectivity index (χ4v) is 1.35. The number of nitrogens with one attached hydrogen (secondary N) is 1. The monoisotopic (exact) mass is 236 g/mol. The topological polar surface area (TPSA) is 45.0 Å². The molecule has 84 valence electrons. The van der Waals surface area contributed by atoms with E-state index in [-0.39, 0.29) is 0 Å². The van der Waals surface area contributed by atoms with E-state index in [0.29, 0.717) is 23.7 Å². The molecule has 1 N–H and O–H groups in total. The highest BCUT2D eigenvalue weighted by molar-refractivity contribution is 6.18. The standard InChI is InChI=1S/C12H13ClN2O/c1-16-12-8-10(9-14)4-5-11(12)15-7-3-2-6-13/h2-5,8,15H,6-7H2,1H3/b3-2+. The zero-order chi connectivity index (χ0) is 11.8.